The molecule has 6 unspecified atom stereocenters. The number of benzene rings is 3. The van der Waals surface area contributed by atoms with Crippen LogP contribution in [0.5, 0.6) is 17.2 Å². The average molecular weight is 2080 g/mol. The van der Waals surface area contributed by atoms with E-state index < -0.39 is 120 Å². The van der Waals surface area contributed by atoms with E-state index in [9.17, 15) is 44.1 Å². The molecule has 40 nitrogen and oxygen atoms in total. The average Bonchev–Trinajstić information content (AvgIpc) is 0.726. The van der Waals surface area contributed by atoms with Gasteiger partial charge in [-0.2, -0.15) is 0 Å². The van der Waals surface area contributed by atoms with Crippen LogP contribution >= 0.6 is 0 Å². The first-order chi connectivity index (χ1) is 68.9. The summed E-state index contributed by atoms with van der Waals surface area (Å²) in [6.45, 7) is 49.0. The van der Waals surface area contributed by atoms with Crippen molar-refractivity contribution in [2.75, 3.05) is 333 Å². The number of hydrogen-bond acceptors (Lipinski definition) is 40. The topological polar surface area (TPSA) is 449 Å². The van der Waals surface area contributed by atoms with Crippen LogP contribution in [0.2, 0.25) is 0 Å². The molecule has 0 bridgehead atoms. The van der Waals surface area contributed by atoms with Crippen LogP contribution in [0.1, 0.15) is 181 Å². The molecule has 145 heavy (non-hydrogen) atoms. The predicted octanol–water partition coefficient (Wildman–Crippen LogP) is 8.38. The van der Waals surface area contributed by atoms with Crippen molar-refractivity contribution in [3.05, 3.63) is 86.5 Å². The largest absolute Gasteiger partial charge is 0.491 e. The number of hydrogen-bond donors (Lipinski definition) is 3. The Balaban J connectivity index is 1.75. The molecule has 0 saturated carbocycles. The number of methoxy groups -OCH3 is 6. The summed E-state index contributed by atoms with van der Waals surface area (Å²) in [7, 11) is 6.97. The number of aliphatic hydroxyl groups excluding tert-OH is 3. The lowest BCUT2D eigenvalue weighted by atomic mass is 9.70. The van der Waals surface area contributed by atoms with Crippen molar-refractivity contribution in [2.24, 2.45) is 0 Å². The molecule has 3 aromatic carbocycles. The molecule has 3 rings (SSSR count). The highest BCUT2D eigenvalue weighted by Crippen LogP contribution is 2.54. The van der Waals surface area contributed by atoms with E-state index in [4.69, 9.17) is 133 Å². The Bertz CT molecular complexity index is 3810. The molecule has 0 radical (unpaired) electrons. The van der Waals surface area contributed by atoms with Gasteiger partial charge in [-0.25, -0.2) is 28.8 Å². The minimum Gasteiger partial charge on any atom is -0.491 e. The first-order valence-corrected chi connectivity index (χ1v) is 49.7. The summed E-state index contributed by atoms with van der Waals surface area (Å²) in [6.07, 6.45) is -8.35. The van der Waals surface area contributed by atoms with Crippen LogP contribution < -0.4 is 14.2 Å². The minimum absolute atomic E-state index is 0.00219. The first kappa shape index (κ1) is 132. The second kappa shape index (κ2) is 73.9. The van der Waals surface area contributed by atoms with Crippen LogP contribution in [-0.4, -0.2) is 421 Å². The SMILES string of the molecule is COC(=O)C(O)COC(COCCOCCOCCOCCOCCOCCOCCOCCOCCOc1c(C(c2cc(C(C)(C)C)cc(C(C)(C)C)c2OCCOCCOCCOCCOCCOCCOCCOCCOCCOCC(OCC(O)C(=O)OC)C(=O)OC)c2cc(C(C)(C)C)cc(C(C)(C)C)c2OCCOCC(OCC(O)C(=O)OC)C(=O)OC)cc(C(C)(C)C)cc1C(C)(C)C)C(=O)OC. The molecule has 3 N–H and O–H groups in total. The van der Waals surface area contributed by atoms with Gasteiger partial charge in [0, 0.05) is 39.3 Å². The third-order valence-corrected chi connectivity index (χ3v) is 21.7. The van der Waals surface area contributed by atoms with Gasteiger partial charge in [0.05, 0.1) is 314 Å². The number of ether oxygens (including phenoxy) is 31. The van der Waals surface area contributed by atoms with Crippen molar-refractivity contribution >= 4 is 35.8 Å². The van der Waals surface area contributed by atoms with Crippen molar-refractivity contribution < 1.29 is 191 Å². The maximum Gasteiger partial charge on any atom is 0.337 e. The van der Waals surface area contributed by atoms with Gasteiger partial charge < -0.3 is 162 Å². The standard InChI is InChI=1S/C105H176O40/c1-100(2,3)75-63-78(91(81(66-75)103(10,11)12)140-60-57-135-51-49-131-43-41-127-35-33-123-27-25-121-29-31-125-37-39-129-45-47-133-53-55-137-72-87(97(112)118-22)143-69-84(106)94(109)115-19)90(80-65-77(102(7,8)9)68-83(105(16,17)18)93(80)142-62-59-139-74-89(99(114)120-24)145-71-86(108)96(111)117-21)79-64-76(101(4,5)6)67-82(104(13,14)15)92(79)141-61-58-136-52-50-132-44-42-128-36-34-124-28-26-122-30-32-126-38-40-130-46-48-134-54-56-138-73-88(98(113)119-23)144-70-85(107)95(110)116-20/h63-68,84-90,106-108H,25-62,69-74H2,1-24H3. The molecule has 40 heteroatoms. The monoisotopic (exact) mass is 2080 g/mol. The van der Waals surface area contributed by atoms with E-state index in [2.05, 4.69) is 175 Å². The van der Waals surface area contributed by atoms with Crippen molar-refractivity contribution in [1.82, 2.24) is 0 Å². The summed E-state index contributed by atoms with van der Waals surface area (Å²) < 4.78 is 176. The summed E-state index contributed by atoms with van der Waals surface area (Å²) in [5, 5.41) is 29.9. The fourth-order valence-corrected chi connectivity index (χ4v) is 13.4. The first-order valence-electron chi connectivity index (χ1n) is 49.7. The molecule has 0 heterocycles. The number of esters is 6. The van der Waals surface area contributed by atoms with E-state index in [0.717, 1.165) is 71.4 Å². The van der Waals surface area contributed by atoms with Gasteiger partial charge in [0.1, 0.15) is 37.1 Å². The van der Waals surface area contributed by atoms with E-state index in [1.807, 2.05) is 0 Å². The van der Waals surface area contributed by atoms with Gasteiger partial charge in [-0.15, -0.1) is 0 Å². The number of aliphatic hydroxyl groups is 3. The zero-order valence-electron chi connectivity index (χ0n) is 91.1. The lowest BCUT2D eigenvalue weighted by Gasteiger charge is -2.36. The van der Waals surface area contributed by atoms with Crippen LogP contribution in [0.4, 0.5) is 0 Å². The maximum atomic E-state index is 13.1. The van der Waals surface area contributed by atoms with Crippen molar-refractivity contribution in [1.29, 1.82) is 0 Å². The van der Waals surface area contributed by atoms with Crippen LogP contribution in [0, 0.1) is 0 Å². The molecule has 0 fully saturated rings. The van der Waals surface area contributed by atoms with Crippen molar-refractivity contribution in [3.63, 3.8) is 0 Å². The molecule has 0 aliphatic heterocycles. The molecule has 0 amide bonds. The molecule has 0 aliphatic rings. The Morgan fingerprint density at radius 3 is 0.510 bits per heavy atom. The predicted molar refractivity (Wildman–Crippen MR) is 534 cm³/mol. The van der Waals surface area contributed by atoms with E-state index in [1.165, 1.54) is 21.3 Å². The third-order valence-electron chi connectivity index (χ3n) is 21.7. The minimum atomic E-state index is -1.65. The Kier molecular flexibility index (Phi) is 67.3. The van der Waals surface area contributed by atoms with E-state index in [1.54, 1.807) is 0 Å². The summed E-state index contributed by atoms with van der Waals surface area (Å²) in [6, 6.07) is 13.7. The summed E-state index contributed by atoms with van der Waals surface area (Å²) in [5.74, 6) is -3.63. The molecular weight excluding hydrogens is 1900 g/mol. The van der Waals surface area contributed by atoms with Crippen molar-refractivity contribution in [2.45, 2.75) is 200 Å². The molecular formula is C105H176O40. The fourth-order valence-electron chi connectivity index (χ4n) is 13.4. The molecule has 0 aliphatic carbocycles. The molecule has 0 spiro atoms. The molecule has 0 saturated heterocycles. The molecule has 3 aromatic rings. The van der Waals surface area contributed by atoms with Gasteiger partial charge in [0.25, 0.3) is 0 Å². The highest BCUT2D eigenvalue weighted by Gasteiger charge is 2.40. The van der Waals surface area contributed by atoms with Crippen LogP contribution in [-0.2, 0) is 194 Å². The Labute approximate surface area is 859 Å². The highest BCUT2D eigenvalue weighted by molar-refractivity contribution is 5.77. The van der Waals surface area contributed by atoms with Crippen LogP contribution in [0.3, 0.4) is 0 Å². The lowest BCUT2D eigenvalue weighted by molar-refractivity contribution is -0.167. The molecule has 6 atom stereocenters. The van der Waals surface area contributed by atoms with Crippen molar-refractivity contribution in [3.8, 4) is 17.2 Å². The Morgan fingerprint density at radius 1 is 0.207 bits per heavy atom. The molecule has 0 aromatic heterocycles. The van der Waals surface area contributed by atoms with Crippen LogP contribution in [0.15, 0.2) is 36.4 Å². The van der Waals surface area contributed by atoms with Gasteiger partial charge in [-0.1, -0.05) is 161 Å². The smallest absolute Gasteiger partial charge is 0.337 e. The highest BCUT2D eigenvalue weighted by atomic mass is 16.6. The van der Waals surface area contributed by atoms with E-state index in [-0.39, 0.29) is 96.7 Å². The Hall–Kier alpha value is -7.12. The summed E-state index contributed by atoms with van der Waals surface area (Å²) in [5.41, 5.74) is 5.99. The van der Waals surface area contributed by atoms with E-state index in [0.29, 0.717) is 202 Å². The maximum absolute atomic E-state index is 13.1. The zero-order valence-corrected chi connectivity index (χ0v) is 91.1. The normalized spacial score (nSPS) is 13.8. The fraction of sp³-hybridized carbons (Fsp3) is 0.771. The Morgan fingerprint density at radius 2 is 0.359 bits per heavy atom. The quantitative estimate of drug-likeness (QED) is 0.0206. The summed E-state index contributed by atoms with van der Waals surface area (Å²) >= 11 is 0. The molecule has 836 valence electrons. The number of carbonyl (C=O) groups is 6. The van der Waals surface area contributed by atoms with Gasteiger partial charge in [0.15, 0.2) is 36.6 Å². The summed E-state index contributed by atoms with van der Waals surface area (Å²) in [4.78, 5) is 72.1. The second-order valence-electron chi connectivity index (χ2n) is 39.5. The third kappa shape index (κ3) is 55.5. The van der Waals surface area contributed by atoms with Crippen LogP contribution in [0.25, 0.3) is 0 Å². The second-order valence-corrected chi connectivity index (χ2v) is 39.5. The van der Waals surface area contributed by atoms with Gasteiger partial charge in [-0.3, -0.25) is 0 Å². The van der Waals surface area contributed by atoms with E-state index >= 15 is 0 Å². The number of carbonyl (C=O) groups excluding carboxylic acids is 6. The van der Waals surface area contributed by atoms with Gasteiger partial charge >= 0.3 is 35.8 Å². The lowest BCUT2D eigenvalue weighted by Crippen LogP contribution is -2.36. The van der Waals surface area contributed by atoms with Gasteiger partial charge in [0.2, 0.25) is 0 Å². The van der Waals surface area contributed by atoms with Gasteiger partial charge in [-0.05, 0) is 49.2 Å². The zero-order chi connectivity index (χ0) is 108. The number of rotatable bonds is 84.